The quantitative estimate of drug-likeness (QED) is 0.429. The second-order valence-corrected chi connectivity index (χ2v) is 7.26. The van der Waals surface area contributed by atoms with Crippen molar-refractivity contribution in [2.75, 3.05) is 11.9 Å². The van der Waals surface area contributed by atoms with Crippen molar-refractivity contribution in [3.8, 4) is 17.3 Å². The van der Waals surface area contributed by atoms with Crippen LogP contribution in [0.2, 0.25) is 0 Å². The van der Waals surface area contributed by atoms with E-state index in [-0.39, 0.29) is 29.6 Å². The number of anilines is 1. The van der Waals surface area contributed by atoms with E-state index in [4.69, 9.17) is 20.7 Å². The molecule has 1 aliphatic carbocycles. The molecular formula is C22H24N8O2. The fourth-order valence-corrected chi connectivity index (χ4v) is 2.89. The van der Waals surface area contributed by atoms with E-state index in [0.29, 0.717) is 17.3 Å². The summed E-state index contributed by atoms with van der Waals surface area (Å²) in [5, 5.41) is 3.86. The number of nitrogens with two attached hydrogens (primary N) is 2. The first-order valence-electron chi connectivity index (χ1n) is 10.1. The lowest BCUT2D eigenvalue weighted by molar-refractivity contribution is 0.114. The molecule has 32 heavy (non-hydrogen) atoms. The van der Waals surface area contributed by atoms with Gasteiger partial charge in [0, 0.05) is 25.0 Å². The van der Waals surface area contributed by atoms with Gasteiger partial charge in [0.2, 0.25) is 17.7 Å². The van der Waals surface area contributed by atoms with Crippen LogP contribution in [0.1, 0.15) is 25.1 Å². The number of amidine groups is 1. The molecule has 1 saturated carbocycles. The molecule has 0 bridgehead atoms. The van der Waals surface area contributed by atoms with Crippen molar-refractivity contribution < 1.29 is 9.26 Å². The topological polar surface area (TPSA) is 141 Å². The van der Waals surface area contributed by atoms with Crippen LogP contribution in [0, 0.1) is 0 Å². The maximum Gasteiger partial charge on any atom is 0.259 e. The number of nitrogens with zero attached hydrogens (tertiary/aromatic N) is 6. The van der Waals surface area contributed by atoms with Gasteiger partial charge in [0.15, 0.2) is 5.84 Å². The Morgan fingerprint density at radius 2 is 1.94 bits per heavy atom. The molecule has 2 aromatic heterocycles. The number of rotatable bonds is 7. The van der Waals surface area contributed by atoms with E-state index < -0.39 is 0 Å². The van der Waals surface area contributed by atoms with Gasteiger partial charge in [-0.25, -0.2) is 4.98 Å². The molecule has 3 aromatic rings. The average molecular weight is 432 g/mol. The molecule has 0 amide bonds. The zero-order chi connectivity index (χ0) is 22.5. The molecule has 164 valence electrons. The lowest BCUT2D eigenvalue weighted by atomic mass is 9.96. The minimum atomic E-state index is -0.0826. The Hall–Kier alpha value is -4.21. The fraction of sp³-hybridized carbons (Fsp3) is 0.227. The van der Waals surface area contributed by atoms with E-state index in [1.165, 1.54) is 6.42 Å². The van der Waals surface area contributed by atoms with E-state index in [1.807, 2.05) is 37.4 Å². The van der Waals surface area contributed by atoms with E-state index in [0.717, 1.165) is 18.5 Å². The van der Waals surface area contributed by atoms with Crippen LogP contribution in [0.4, 0.5) is 5.69 Å². The molecule has 2 heterocycles. The number of ether oxygens (including phenoxy) is 1. The molecule has 1 aliphatic rings. The highest BCUT2D eigenvalue weighted by molar-refractivity contribution is 6.02. The summed E-state index contributed by atoms with van der Waals surface area (Å²) in [6.07, 6.45) is 5.20. The van der Waals surface area contributed by atoms with Crippen LogP contribution in [0.3, 0.4) is 0 Å². The number of aromatic nitrogens is 3. The van der Waals surface area contributed by atoms with Crippen molar-refractivity contribution in [2.45, 2.75) is 25.4 Å². The van der Waals surface area contributed by atoms with Crippen LogP contribution in [0.25, 0.3) is 11.5 Å². The third-order valence-electron chi connectivity index (χ3n) is 4.99. The predicted molar refractivity (Wildman–Crippen MR) is 122 cm³/mol. The van der Waals surface area contributed by atoms with Gasteiger partial charge in [-0.05, 0) is 37.5 Å². The van der Waals surface area contributed by atoms with Crippen LogP contribution >= 0.6 is 0 Å². The molecule has 0 unspecified atom stereocenters. The van der Waals surface area contributed by atoms with Crippen LogP contribution in [0.15, 0.2) is 75.6 Å². The summed E-state index contributed by atoms with van der Waals surface area (Å²) in [5.41, 5.74) is 13.4. The second kappa shape index (κ2) is 9.29. The van der Waals surface area contributed by atoms with Crippen LogP contribution < -0.4 is 21.1 Å². The fourth-order valence-electron chi connectivity index (χ4n) is 2.89. The average Bonchev–Trinajstić information content (AvgIpc) is 3.27. The minimum Gasteiger partial charge on any atom is -0.474 e. The smallest absolute Gasteiger partial charge is 0.259 e. The summed E-state index contributed by atoms with van der Waals surface area (Å²) in [6, 6.07) is 13.2. The number of pyridine rings is 1. The Balaban J connectivity index is 1.42. The summed E-state index contributed by atoms with van der Waals surface area (Å²) in [6.45, 7) is 3.91. The van der Waals surface area contributed by atoms with Crippen molar-refractivity contribution in [3.63, 3.8) is 0 Å². The zero-order valence-corrected chi connectivity index (χ0v) is 17.7. The molecule has 4 N–H and O–H groups in total. The zero-order valence-electron chi connectivity index (χ0n) is 17.7. The molecule has 4 rings (SSSR count). The molecule has 10 nitrogen and oxygen atoms in total. The van der Waals surface area contributed by atoms with Gasteiger partial charge in [0.25, 0.3) is 5.89 Å². The Labute approximate surface area is 185 Å². The number of aliphatic imine (C=N–C) groups is 2. The van der Waals surface area contributed by atoms with Crippen molar-refractivity contribution in [1.29, 1.82) is 0 Å². The summed E-state index contributed by atoms with van der Waals surface area (Å²) in [5.74, 6) is 1.20. The van der Waals surface area contributed by atoms with Gasteiger partial charge < -0.3 is 25.6 Å². The molecule has 10 heteroatoms. The predicted octanol–water partition coefficient (Wildman–Crippen LogP) is 2.69. The number of para-hydroxylation sites is 1. The largest absolute Gasteiger partial charge is 0.474 e. The van der Waals surface area contributed by atoms with Crippen molar-refractivity contribution in [2.24, 2.45) is 21.5 Å². The van der Waals surface area contributed by atoms with Gasteiger partial charge in [0.1, 0.15) is 11.9 Å². The lowest BCUT2D eigenvalue weighted by Gasteiger charge is -2.25. The van der Waals surface area contributed by atoms with Gasteiger partial charge in [-0.2, -0.15) is 15.0 Å². The minimum absolute atomic E-state index is 0.0330. The first-order valence-corrected chi connectivity index (χ1v) is 10.1. The molecule has 1 fully saturated rings. The summed E-state index contributed by atoms with van der Waals surface area (Å²) < 4.78 is 11.0. The molecule has 0 radical (unpaired) electrons. The third-order valence-corrected chi connectivity index (χ3v) is 4.99. The van der Waals surface area contributed by atoms with Crippen molar-refractivity contribution >= 4 is 17.5 Å². The Kier molecular flexibility index (Phi) is 6.11. The Morgan fingerprint density at radius 1 is 1.16 bits per heavy atom. The highest BCUT2D eigenvalue weighted by atomic mass is 16.5. The van der Waals surface area contributed by atoms with Gasteiger partial charge in [0.05, 0.1) is 5.56 Å². The van der Waals surface area contributed by atoms with Crippen LogP contribution in [-0.4, -0.2) is 40.1 Å². The molecule has 0 aliphatic heterocycles. The van der Waals surface area contributed by atoms with E-state index >= 15 is 0 Å². The normalized spacial score (nSPS) is 14.7. The van der Waals surface area contributed by atoms with Gasteiger partial charge >= 0.3 is 0 Å². The highest BCUT2D eigenvalue weighted by Gasteiger charge is 2.20. The number of benzene rings is 1. The molecule has 0 saturated heterocycles. The molecular weight excluding hydrogens is 408 g/mol. The number of hydrogen-bond acceptors (Lipinski definition) is 7. The number of hydrogen-bond donors (Lipinski definition) is 2. The monoisotopic (exact) mass is 432 g/mol. The van der Waals surface area contributed by atoms with E-state index in [2.05, 4.69) is 31.7 Å². The lowest BCUT2D eigenvalue weighted by Crippen LogP contribution is -2.24. The van der Waals surface area contributed by atoms with E-state index in [9.17, 15) is 0 Å². The third kappa shape index (κ3) is 4.91. The maximum atomic E-state index is 5.98. The maximum absolute atomic E-state index is 5.98. The molecule has 1 aromatic carbocycles. The van der Waals surface area contributed by atoms with Gasteiger partial charge in [-0.1, -0.05) is 29.9 Å². The summed E-state index contributed by atoms with van der Waals surface area (Å²) >= 11 is 0. The first-order chi connectivity index (χ1) is 15.5. The molecule has 0 atom stereocenters. The SMILES string of the molecule is C=C(N=C(N)N=C(N)c1noc(-c2ccc(OC3CCC3)nc2)n1)N(C)c1ccccc1. The summed E-state index contributed by atoms with van der Waals surface area (Å²) in [4.78, 5) is 18.5. The first kappa shape index (κ1) is 21.0. The van der Waals surface area contributed by atoms with Crippen LogP contribution in [0.5, 0.6) is 5.88 Å². The second-order valence-electron chi connectivity index (χ2n) is 7.26. The van der Waals surface area contributed by atoms with Gasteiger partial charge in [-0.15, -0.1) is 0 Å². The van der Waals surface area contributed by atoms with Crippen molar-refractivity contribution in [1.82, 2.24) is 15.1 Å². The molecule has 0 spiro atoms. The van der Waals surface area contributed by atoms with Crippen molar-refractivity contribution in [3.05, 3.63) is 66.9 Å². The Morgan fingerprint density at radius 3 is 2.59 bits per heavy atom. The van der Waals surface area contributed by atoms with E-state index in [1.54, 1.807) is 23.2 Å². The van der Waals surface area contributed by atoms with Crippen LogP contribution in [-0.2, 0) is 0 Å². The van der Waals surface area contributed by atoms with Gasteiger partial charge in [-0.3, -0.25) is 0 Å². The number of guanidine groups is 1. The standard InChI is InChI=1S/C22H24N8O2/c1-14(30(2)16-7-4-3-5-8-16)26-22(24)27-19(23)20-28-21(32-29-20)15-11-12-18(25-13-15)31-17-9-6-10-17/h3-5,7-8,11-13,17H,1,6,9-10H2,2H3,(H4,23,24,26,27). The summed E-state index contributed by atoms with van der Waals surface area (Å²) in [7, 11) is 1.82. The Bertz CT molecular complexity index is 1130. The highest BCUT2D eigenvalue weighted by Crippen LogP contribution is 2.25.